The average Bonchev–Trinajstić information content (AvgIpc) is 2.31. The lowest BCUT2D eigenvalue weighted by atomic mass is 10.2. The normalized spacial score (nSPS) is 10.9. The van der Waals surface area contributed by atoms with Gasteiger partial charge in [0.2, 0.25) is 5.91 Å². The van der Waals surface area contributed by atoms with Gasteiger partial charge in [0, 0.05) is 25.6 Å². The minimum absolute atomic E-state index is 0.301. The van der Waals surface area contributed by atoms with Crippen molar-refractivity contribution in [3.05, 3.63) is 0 Å². The van der Waals surface area contributed by atoms with Gasteiger partial charge in [-0.1, -0.05) is 34.1 Å². The molecule has 3 heteroatoms. The summed E-state index contributed by atoms with van der Waals surface area (Å²) in [7, 11) is 0. The number of carbonyl (C=O) groups excluding carboxylic acids is 1. The summed E-state index contributed by atoms with van der Waals surface area (Å²) in [5.74, 6) is 0.301. The zero-order chi connectivity index (χ0) is 13.1. The number of carbonyl (C=O) groups is 1. The highest BCUT2D eigenvalue weighted by atomic mass is 16.2. The molecule has 0 aromatic heterocycles. The summed E-state index contributed by atoms with van der Waals surface area (Å²) in [6, 6.07) is 0.559. The van der Waals surface area contributed by atoms with Crippen LogP contribution in [0.5, 0.6) is 0 Å². The lowest BCUT2D eigenvalue weighted by Gasteiger charge is -2.22. The minimum Gasteiger partial charge on any atom is -0.343 e. The first-order chi connectivity index (χ1) is 8.11. The summed E-state index contributed by atoms with van der Waals surface area (Å²) >= 11 is 0. The second-order valence-electron chi connectivity index (χ2n) is 4.90. The van der Waals surface area contributed by atoms with Gasteiger partial charge >= 0.3 is 0 Å². The Hall–Kier alpha value is -0.570. The van der Waals surface area contributed by atoms with Gasteiger partial charge in [0.05, 0.1) is 0 Å². The molecule has 3 nitrogen and oxygen atoms in total. The zero-order valence-electron chi connectivity index (χ0n) is 12.1. The fraction of sp³-hybridized carbons (Fsp3) is 0.929. The third-order valence-electron chi connectivity index (χ3n) is 2.84. The van der Waals surface area contributed by atoms with E-state index >= 15 is 0 Å². The molecule has 0 spiro atoms. The zero-order valence-corrected chi connectivity index (χ0v) is 12.1. The molecule has 17 heavy (non-hydrogen) atoms. The van der Waals surface area contributed by atoms with Gasteiger partial charge < -0.3 is 10.2 Å². The highest BCUT2D eigenvalue weighted by Gasteiger charge is 2.09. The maximum Gasteiger partial charge on any atom is 0.222 e. The first-order valence-electron chi connectivity index (χ1n) is 7.12. The van der Waals surface area contributed by atoms with Crippen molar-refractivity contribution in [1.82, 2.24) is 10.2 Å². The molecule has 0 saturated heterocycles. The van der Waals surface area contributed by atoms with E-state index in [0.717, 1.165) is 45.3 Å². The van der Waals surface area contributed by atoms with Crippen molar-refractivity contribution in [2.45, 2.75) is 65.8 Å². The Labute approximate surface area is 107 Å². The van der Waals surface area contributed by atoms with Crippen molar-refractivity contribution in [3.63, 3.8) is 0 Å². The highest BCUT2D eigenvalue weighted by molar-refractivity contribution is 5.75. The molecule has 0 atom stereocenters. The fourth-order valence-corrected chi connectivity index (χ4v) is 1.75. The van der Waals surface area contributed by atoms with Gasteiger partial charge in [-0.15, -0.1) is 0 Å². The van der Waals surface area contributed by atoms with Gasteiger partial charge in [-0.2, -0.15) is 0 Å². The predicted molar refractivity (Wildman–Crippen MR) is 74.2 cm³/mol. The summed E-state index contributed by atoms with van der Waals surface area (Å²) in [6.07, 6.45) is 5.17. The van der Waals surface area contributed by atoms with Crippen LogP contribution in [-0.4, -0.2) is 36.5 Å². The van der Waals surface area contributed by atoms with Gasteiger partial charge in [-0.05, 0) is 25.8 Å². The Morgan fingerprint density at radius 3 is 2.29 bits per heavy atom. The number of nitrogens with one attached hydrogen (secondary N) is 1. The van der Waals surface area contributed by atoms with Crippen LogP contribution in [0.2, 0.25) is 0 Å². The summed E-state index contributed by atoms with van der Waals surface area (Å²) in [5, 5.41) is 3.40. The molecule has 0 radical (unpaired) electrons. The first-order valence-corrected chi connectivity index (χ1v) is 7.12. The molecule has 0 aliphatic heterocycles. The Morgan fingerprint density at radius 2 is 1.76 bits per heavy atom. The van der Waals surface area contributed by atoms with E-state index in [1.54, 1.807) is 0 Å². The lowest BCUT2D eigenvalue weighted by molar-refractivity contribution is -0.131. The Kier molecular flexibility index (Phi) is 10.2. The molecule has 0 saturated carbocycles. The van der Waals surface area contributed by atoms with Gasteiger partial charge in [0.1, 0.15) is 0 Å². The molecule has 1 amide bonds. The molecular formula is C14H30N2O. The van der Waals surface area contributed by atoms with Crippen molar-refractivity contribution >= 4 is 5.91 Å². The van der Waals surface area contributed by atoms with Crippen LogP contribution in [-0.2, 0) is 4.79 Å². The molecule has 0 fully saturated rings. The minimum atomic E-state index is 0.301. The van der Waals surface area contributed by atoms with E-state index in [1.165, 1.54) is 0 Å². The third-order valence-corrected chi connectivity index (χ3v) is 2.84. The van der Waals surface area contributed by atoms with Crippen LogP contribution >= 0.6 is 0 Å². The maximum atomic E-state index is 11.7. The molecule has 0 aromatic rings. The monoisotopic (exact) mass is 242 g/mol. The molecule has 1 N–H and O–H groups in total. The highest BCUT2D eigenvalue weighted by Crippen LogP contribution is 2.02. The van der Waals surface area contributed by atoms with E-state index in [4.69, 9.17) is 0 Å². The quantitative estimate of drug-likeness (QED) is 0.597. The van der Waals surface area contributed by atoms with Crippen molar-refractivity contribution < 1.29 is 4.79 Å². The van der Waals surface area contributed by atoms with E-state index < -0.39 is 0 Å². The Morgan fingerprint density at radius 1 is 1.12 bits per heavy atom. The number of hydrogen-bond acceptors (Lipinski definition) is 2. The molecule has 0 unspecified atom stereocenters. The number of unbranched alkanes of at least 4 members (excludes halogenated alkanes) is 2. The van der Waals surface area contributed by atoms with Crippen LogP contribution in [0.4, 0.5) is 0 Å². The number of amides is 1. The standard InChI is InChI=1S/C14H30N2O/c1-5-7-11-16(14(17)6-2)12-9-8-10-15-13(3)4/h13,15H,5-12H2,1-4H3. The maximum absolute atomic E-state index is 11.7. The third kappa shape index (κ3) is 9.16. The van der Waals surface area contributed by atoms with Crippen molar-refractivity contribution in [3.8, 4) is 0 Å². The van der Waals surface area contributed by atoms with Gasteiger partial charge in [-0.25, -0.2) is 0 Å². The topological polar surface area (TPSA) is 32.3 Å². The van der Waals surface area contributed by atoms with E-state index in [0.29, 0.717) is 18.4 Å². The molecular weight excluding hydrogens is 212 g/mol. The molecule has 0 aliphatic carbocycles. The summed E-state index contributed by atoms with van der Waals surface area (Å²) in [5.41, 5.74) is 0. The van der Waals surface area contributed by atoms with E-state index in [9.17, 15) is 4.79 Å². The molecule has 0 aliphatic rings. The van der Waals surface area contributed by atoms with Crippen LogP contribution in [0.3, 0.4) is 0 Å². The predicted octanol–water partition coefficient (Wildman–Crippen LogP) is 2.80. The van der Waals surface area contributed by atoms with Gasteiger partial charge in [0.25, 0.3) is 0 Å². The van der Waals surface area contributed by atoms with E-state index in [1.807, 2.05) is 11.8 Å². The summed E-state index contributed by atoms with van der Waals surface area (Å²) in [6.45, 7) is 11.3. The van der Waals surface area contributed by atoms with Crippen molar-refractivity contribution in [1.29, 1.82) is 0 Å². The Balaban J connectivity index is 3.71. The van der Waals surface area contributed by atoms with Crippen LogP contribution < -0.4 is 5.32 Å². The number of nitrogens with zero attached hydrogens (tertiary/aromatic N) is 1. The van der Waals surface area contributed by atoms with Gasteiger partial charge in [0.15, 0.2) is 0 Å². The summed E-state index contributed by atoms with van der Waals surface area (Å²) in [4.78, 5) is 13.7. The second-order valence-corrected chi connectivity index (χ2v) is 4.90. The van der Waals surface area contributed by atoms with Crippen molar-refractivity contribution in [2.75, 3.05) is 19.6 Å². The molecule has 0 rings (SSSR count). The SMILES string of the molecule is CCCCN(CCCCNC(C)C)C(=O)CC. The number of hydrogen-bond donors (Lipinski definition) is 1. The second kappa shape index (κ2) is 10.6. The molecule has 0 heterocycles. The van der Waals surface area contributed by atoms with Crippen LogP contribution in [0.1, 0.15) is 59.8 Å². The van der Waals surface area contributed by atoms with E-state index in [2.05, 4.69) is 26.1 Å². The smallest absolute Gasteiger partial charge is 0.222 e. The van der Waals surface area contributed by atoms with Crippen molar-refractivity contribution in [2.24, 2.45) is 0 Å². The lowest BCUT2D eigenvalue weighted by Crippen LogP contribution is -2.33. The number of rotatable bonds is 10. The van der Waals surface area contributed by atoms with Crippen LogP contribution in [0, 0.1) is 0 Å². The largest absolute Gasteiger partial charge is 0.343 e. The first kappa shape index (κ1) is 16.4. The van der Waals surface area contributed by atoms with Crippen LogP contribution in [0.25, 0.3) is 0 Å². The molecule has 102 valence electrons. The fourth-order valence-electron chi connectivity index (χ4n) is 1.75. The van der Waals surface area contributed by atoms with Crippen LogP contribution in [0.15, 0.2) is 0 Å². The average molecular weight is 242 g/mol. The molecule has 0 aromatic carbocycles. The van der Waals surface area contributed by atoms with Gasteiger partial charge in [-0.3, -0.25) is 4.79 Å². The Bertz CT molecular complexity index is 193. The summed E-state index contributed by atoms with van der Waals surface area (Å²) < 4.78 is 0. The van der Waals surface area contributed by atoms with E-state index in [-0.39, 0.29) is 0 Å². The molecule has 0 bridgehead atoms.